The second-order valence-corrected chi connectivity index (χ2v) is 6.57. The number of Topliss-reactive ketones (excluding diaryl/α,β-unsaturated/α-hetero) is 1. The standard InChI is InChI=1S/C18H21ClFN3O5/c1-9-4-5-13(12(20)6-9)21-17-14(15(19)16(10(2)25)23(17)3)18(27)22-28-8-11(26)7-24/h4-6,11,21,24,26H,7-8H2,1-3H3,(H,22,27). The number of carbonyl (C=O) groups is 2. The molecular formula is C18H21ClFN3O5. The number of hydroxylamine groups is 1. The van der Waals surface area contributed by atoms with E-state index in [0.717, 1.165) is 0 Å². The lowest BCUT2D eigenvalue weighted by molar-refractivity contribution is -0.0295. The van der Waals surface area contributed by atoms with Crippen molar-refractivity contribution < 1.29 is 29.0 Å². The molecule has 1 amide bonds. The quantitative estimate of drug-likeness (QED) is 0.389. The van der Waals surface area contributed by atoms with Crippen LogP contribution in [-0.4, -0.2) is 45.8 Å². The fourth-order valence-corrected chi connectivity index (χ4v) is 2.98. The van der Waals surface area contributed by atoms with Crippen molar-refractivity contribution in [1.82, 2.24) is 10.0 Å². The molecule has 8 nitrogen and oxygen atoms in total. The molecule has 0 saturated heterocycles. The highest BCUT2D eigenvalue weighted by Crippen LogP contribution is 2.34. The molecule has 28 heavy (non-hydrogen) atoms. The van der Waals surface area contributed by atoms with E-state index in [-0.39, 0.29) is 34.4 Å². The maximum Gasteiger partial charge on any atom is 0.280 e. The van der Waals surface area contributed by atoms with Gasteiger partial charge < -0.3 is 20.1 Å². The predicted molar refractivity (Wildman–Crippen MR) is 101 cm³/mol. The SMILES string of the molecule is CC(=O)c1c(Cl)c(C(=O)NOCC(O)CO)c(Nc2ccc(C)cc2F)n1C. The van der Waals surface area contributed by atoms with Gasteiger partial charge in [-0.05, 0) is 24.6 Å². The van der Waals surface area contributed by atoms with E-state index < -0.39 is 30.2 Å². The van der Waals surface area contributed by atoms with Gasteiger partial charge in [0.15, 0.2) is 5.78 Å². The third-order valence-corrected chi connectivity index (χ3v) is 4.29. The van der Waals surface area contributed by atoms with Gasteiger partial charge in [-0.1, -0.05) is 17.7 Å². The molecule has 4 N–H and O–H groups in total. The maximum atomic E-state index is 14.2. The number of rotatable bonds is 8. The lowest BCUT2D eigenvalue weighted by Gasteiger charge is -2.13. The summed E-state index contributed by atoms with van der Waals surface area (Å²) in [5.74, 6) is -1.67. The second-order valence-electron chi connectivity index (χ2n) is 6.19. The van der Waals surface area contributed by atoms with Crippen LogP contribution in [-0.2, 0) is 11.9 Å². The Kier molecular flexibility index (Phi) is 7.14. The Morgan fingerprint density at radius 2 is 2.07 bits per heavy atom. The Bertz CT molecular complexity index is 900. The number of hydrogen-bond donors (Lipinski definition) is 4. The van der Waals surface area contributed by atoms with Gasteiger partial charge in [-0.25, -0.2) is 9.87 Å². The summed E-state index contributed by atoms with van der Waals surface area (Å²) in [6.07, 6.45) is -1.18. The number of halogens is 2. The van der Waals surface area contributed by atoms with Crippen LogP contribution in [0.4, 0.5) is 15.9 Å². The Labute approximate surface area is 165 Å². The predicted octanol–water partition coefficient (Wildman–Crippen LogP) is 2.09. The average Bonchev–Trinajstić information content (AvgIpc) is 2.87. The molecular weight excluding hydrogens is 393 g/mol. The van der Waals surface area contributed by atoms with Crippen molar-refractivity contribution in [2.45, 2.75) is 20.0 Å². The van der Waals surface area contributed by atoms with E-state index in [1.165, 1.54) is 30.7 Å². The van der Waals surface area contributed by atoms with Crippen LogP contribution in [0.2, 0.25) is 5.02 Å². The summed E-state index contributed by atoms with van der Waals surface area (Å²) in [6, 6.07) is 4.49. The summed E-state index contributed by atoms with van der Waals surface area (Å²) in [6.45, 7) is 2.11. The molecule has 1 aromatic carbocycles. The van der Waals surface area contributed by atoms with Crippen LogP contribution in [0.25, 0.3) is 0 Å². The largest absolute Gasteiger partial charge is 0.394 e. The molecule has 1 heterocycles. The zero-order chi connectivity index (χ0) is 21.0. The van der Waals surface area contributed by atoms with Crippen molar-refractivity contribution in [3.05, 3.63) is 45.9 Å². The molecule has 10 heteroatoms. The van der Waals surface area contributed by atoms with E-state index in [9.17, 15) is 19.1 Å². The average molecular weight is 414 g/mol. The zero-order valence-electron chi connectivity index (χ0n) is 15.5. The van der Waals surface area contributed by atoms with Gasteiger partial charge in [0.05, 0.1) is 17.3 Å². The van der Waals surface area contributed by atoms with Crippen molar-refractivity contribution in [2.24, 2.45) is 7.05 Å². The van der Waals surface area contributed by atoms with E-state index in [1.807, 2.05) is 0 Å². The maximum absolute atomic E-state index is 14.2. The first-order valence-corrected chi connectivity index (χ1v) is 8.68. The lowest BCUT2D eigenvalue weighted by Crippen LogP contribution is -2.30. The molecule has 0 saturated carbocycles. The Balaban J connectivity index is 2.41. The highest BCUT2D eigenvalue weighted by atomic mass is 35.5. The zero-order valence-corrected chi connectivity index (χ0v) is 16.3. The number of amides is 1. The van der Waals surface area contributed by atoms with Crippen LogP contribution in [0.15, 0.2) is 18.2 Å². The topological polar surface area (TPSA) is 113 Å². The molecule has 1 aromatic heterocycles. The summed E-state index contributed by atoms with van der Waals surface area (Å²) >= 11 is 6.24. The van der Waals surface area contributed by atoms with Crippen LogP contribution in [0.1, 0.15) is 33.3 Å². The molecule has 0 aliphatic heterocycles. The van der Waals surface area contributed by atoms with Crippen molar-refractivity contribution in [2.75, 3.05) is 18.5 Å². The number of hydrogen-bond acceptors (Lipinski definition) is 6. The number of aliphatic hydroxyl groups is 2. The molecule has 0 aliphatic carbocycles. The smallest absolute Gasteiger partial charge is 0.280 e. The van der Waals surface area contributed by atoms with E-state index in [2.05, 4.69) is 10.8 Å². The molecule has 152 valence electrons. The molecule has 1 unspecified atom stereocenters. The molecule has 0 spiro atoms. The third-order valence-electron chi connectivity index (χ3n) is 3.92. The normalized spacial score (nSPS) is 12.0. The van der Waals surface area contributed by atoms with Gasteiger partial charge in [0.1, 0.15) is 35.6 Å². The summed E-state index contributed by atoms with van der Waals surface area (Å²) in [4.78, 5) is 29.3. The molecule has 2 rings (SSSR count). The molecule has 1 atom stereocenters. The highest BCUT2D eigenvalue weighted by Gasteiger charge is 2.28. The van der Waals surface area contributed by atoms with Gasteiger partial charge in [-0.3, -0.25) is 14.4 Å². The Hall–Kier alpha value is -2.46. The van der Waals surface area contributed by atoms with E-state index in [0.29, 0.717) is 5.56 Å². The fraction of sp³-hybridized carbons (Fsp3) is 0.333. The summed E-state index contributed by atoms with van der Waals surface area (Å²) < 4.78 is 15.6. The second kappa shape index (κ2) is 9.16. The summed E-state index contributed by atoms with van der Waals surface area (Å²) in [5, 5.41) is 20.7. The molecule has 2 aromatic rings. The minimum Gasteiger partial charge on any atom is -0.394 e. The Morgan fingerprint density at radius 1 is 1.39 bits per heavy atom. The van der Waals surface area contributed by atoms with Crippen molar-refractivity contribution in [3.8, 4) is 0 Å². The van der Waals surface area contributed by atoms with Crippen LogP contribution in [0.5, 0.6) is 0 Å². The molecule has 0 fully saturated rings. The first-order chi connectivity index (χ1) is 13.2. The van der Waals surface area contributed by atoms with Crippen molar-refractivity contribution >= 4 is 34.8 Å². The van der Waals surface area contributed by atoms with E-state index >= 15 is 0 Å². The van der Waals surface area contributed by atoms with Crippen molar-refractivity contribution in [1.29, 1.82) is 0 Å². The van der Waals surface area contributed by atoms with Crippen LogP contribution >= 0.6 is 11.6 Å². The van der Waals surface area contributed by atoms with Crippen LogP contribution in [0, 0.1) is 12.7 Å². The summed E-state index contributed by atoms with van der Waals surface area (Å²) in [7, 11) is 1.50. The van der Waals surface area contributed by atoms with E-state index in [1.54, 1.807) is 13.0 Å². The fourth-order valence-electron chi connectivity index (χ4n) is 2.55. The number of benzene rings is 1. The number of aryl methyl sites for hydroxylation is 1. The number of nitrogens with zero attached hydrogens (tertiary/aromatic N) is 1. The third kappa shape index (κ3) is 4.68. The van der Waals surface area contributed by atoms with E-state index in [4.69, 9.17) is 21.5 Å². The molecule has 0 radical (unpaired) electrons. The summed E-state index contributed by atoms with van der Waals surface area (Å²) in [5.41, 5.74) is 2.80. The molecule has 0 bridgehead atoms. The van der Waals surface area contributed by atoms with Crippen LogP contribution in [0.3, 0.4) is 0 Å². The lowest BCUT2D eigenvalue weighted by atomic mass is 10.2. The first kappa shape index (κ1) is 21.8. The van der Waals surface area contributed by atoms with Gasteiger partial charge in [0.2, 0.25) is 0 Å². The number of aliphatic hydroxyl groups excluding tert-OH is 2. The number of ketones is 1. The Morgan fingerprint density at radius 3 is 2.64 bits per heavy atom. The minimum atomic E-state index is -1.18. The monoisotopic (exact) mass is 413 g/mol. The van der Waals surface area contributed by atoms with Gasteiger partial charge >= 0.3 is 0 Å². The van der Waals surface area contributed by atoms with Crippen LogP contribution < -0.4 is 10.8 Å². The van der Waals surface area contributed by atoms with Gasteiger partial charge in [-0.15, -0.1) is 0 Å². The number of anilines is 2. The number of aromatic nitrogens is 1. The van der Waals surface area contributed by atoms with Crippen molar-refractivity contribution in [3.63, 3.8) is 0 Å². The van der Waals surface area contributed by atoms with Gasteiger partial charge in [0.25, 0.3) is 5.91 Å². The minimum absolute atomic E-state index is 0.0530. The number of carbonyl (C=O) groups excluding carboxylic acids is 2. The van der Waals surface area contributed by atoms with Gasteiger partial charge in [-0.2, -0.15) is 0 Å². The number of nitrogens with one attached hydrogen (secondary N) is 2. The van der Waals surface area contributed by atoms with Gasteiger partial charge in [0, 0.05) is 14.0 Å². The molecule has 0 aliphatic rings. The first-order valence-electron chi connectivity index (χ1n) is 8.30. The highest BCUT2D eigenvalue weighted by molar-refractivity contribution is 6.37.